The Morgan fingerprint density at radius 2 is 1.87 bits per heavy atom. The van der Waals surface area contributed by atoms with Crippen LogP contribution in [0.2, 0.25) is 0 Å². The van der Waals surface area contributed by atoms with Gasteiger partial charge in [-0.05, 0) is 37.1 Å². The molecule has 0 spiro atoms. The van der Waals surface area contributed by atoms with Crippen LogP contribution in [-0.4, -0.2) is 43.7 Å². The quantitative estimate of drug-likeness (QED) is 0.507. The molecular formula is C23H28N6O2. The van der Waals surface area contributed by atoms with Gasteiger partial charge in [-0.15, -0.1) is 0 Å². The average molecular weight is 421 g/mol. The summed E-state index contributed by atoms with van der Waals surface area (Å²) in [5.74, 6) is 0.933. The van der Waals surface area contributed by atoms with E-state index in [0.717, 1.165) is 24.3 Å². The van der Waals surface area contributed by atoms with Crippen molar-refractivity contribution < 1.29 is 9.53 Å². The van der Waals surface area contributed by atoms with Crippen LogP contribution in [0.25, 0.3) is 0 Å². The van der Waals surface area contributed by atoms with Crippen LogP contribution in [0.1, 0.15) is 11.3 Å². The summed E-state index contributed by atoms with van der Waals surface area (Å²) >= 11 is 0. The Labute approximate surface area is 182 Å². The number of benzene rings is 2. The third-order valence-electron chi connectivity index (χ3n) is 4.67. The molecule has 8 nitrogen and oxygen atoms in total. The molecule has 0 bridgehead atoms. The van der Waals surface area contributed by atoms with E-state index in [-0.39, 0.29) is 0 Å². The first-order valence-electron chi connectivity index (χ1n) is 10.00. The Hall–Kier alpha value is -3.81. The molecule has 2 amide bonds. The number of aromatic nitrogens is 2. The molecule has 162 valence electrons. The Kier molecular flexibility index (Phi) is 7.26. The number of urea groups is 1. The van der Waals surface area contributed by atoms with Gasteiger partial charge in [0.05, 0.1) is 30.9 Å². The van der Waals surface area contributed by atoms with Gasteiger partial charge in [-0.1, -0.05) is 18.2 Å². The van der Waals surface area contributed by atoms with E-state index >= 15 is 0 Å². The second-order valence-electron chi connectivity index (χ2n) is 7.24. The number of nitrogens with zero attached hydrogens (tertiary/aromatic N) is 3. The molecule has 31 heavy (non-hydrogen) atoms. The van der Waals surface area contributed by atoms with Crippen LogP contribution in [0.4, 0.5) is 27.7 Å². The maximum atomic E-state index is 12.3. The molecule has 3 N–H and O–H groups in total. The summed E-state index contributed by atoms with van der Waals surface area (Å²) in [4.78, 5) is 22.6. The summed E-state index contributed by atoms with van der Waals surface area (Å²) in [6, 6.07) is 13.5. The SMILES string of the molecule is COc1cc(NCCc2ccccc2N(C)C)ccc1NC(=O)Nc1cnc(C)cn1. The van der Waals surface area contributed by atoms with Crippen molar-refractivity contribution in [1.82, 2.24) is 9.97 Å². The minimum Gasteiger partial charge on any atom is -0.494 e. The summed E-state index contributed by atoms with van der Waals surface area (Å²) in [6.07, 6.45) is 3.98. The molecule has 0 radical (unpaired) electrons. The van der Waals surface area contributed by atoms with Crippen molar-refractivity contribution >= 4 is 28.9 Å². The number of carbonyl (C=O) groups excluding carboxylic acids is 1. The highest BCUT2D eigenvalue weighted by molar-refractivity contribution is 6.00. The lowest BCUT2D eigenvalue weighted by Crippen LogP contribution is -2.20. The standard InChI is InChI=1S/C23H28N6O2/c1-16-14-26-22(15-25-16)28-23(30)27-19-10-9-18(13-21(19)31-4)24-12-11-17-7-5-6-8-20(17)29(2)3/h5-10,13-15,24H,11-12H2,1-4H3,(H2,26,27,28,30). The van der Waals surface area contributed by atoms with Crippen molar-refractivity contribution in [1.29, 1.82) is 0 Å². The lowest BCUT2D eigenvalue weighted by atomic mass is 10.1. The first-order valence-corrected chi connectivity index (χ1v) is 10.00. The maximum absolute atomic E-state index is 12.3. The molecule has 3 aromatic rings. The smallest absolute Gasteiger partial charge is 0.324 e. The molecule has 3 rings (SSSR count). The minimum absolute atomic E-state index is 0.373. The zero-order chi connectivity index (χ0) is 22.2. The van der Waals surface area contributed by atoms with Gasteiger partial charge in [-0.25, -0.2) is 9.78 Å². The average Bonchev–Trinajstić information content (AvgIpc) is 2.76. The highest BCUT2D eigenvalue weighted by atomic mass is 16.5. The van der Waals surface area contributed by atoms with Crippen LogP contribution in [0.15, 0.2) is 54.9 Å². The van der Waals surface area contributed by atoms with Crippen molar-refractivity contribution in [2.24, 2.45) is 0 Å². The fraction of sp³-hybridized carbons (Fsp3) is 0.261. The summed E-state index contributed by atoms with van der Waals surface area (Å²) in [6.45, 7) is 2.60. The number of nitrogens with one attached hydrogen (secondary N) is 3. The van der Waals surface area contributed by atoms with E-state index in [4.69, 9.17) is 4.74 Å². The number of para-hydroxylation sites is 1. The normalized spacial score (nSPS) is 10.3. The van der Waals surface area contributed by atoms with Crippen molar-refractivity contribution in [3.8, 4) is 5.75 Å². The van der Waals surface area contributed by atoms with E-state index in [1.54, 1.807) is 19.4 Å². The predicted octanol–water partition coefficient (Wildman–Crippen LogP) is 4.16. The Morgan fingerprint density at radius 3 is 2.58 bits per heavy atom. The summed E-state index contributed by atoms with van der Waals surface area (Å²) in [5, 5.41) is 8.84. The summed E-state index contributed by atoms with van der Waals surface area (Å²) in [7, 11) is 5.66. The van der Waals surface area contributed by atoms with Gasteiger partial charge < -0.3 is 20.3 Å². The molecule has 0 saturated heterocycles. The first-order chi connectivity index (χ1) is 15.0. The Morgan fingerprint density at radius 1 is 1.06 bits per heavy atom. The Balaban J connectivity index is 1.59. The molecule has 0 saturated carbocycles. The molecule has 0 aliphatic rings. The molecule has 0 atom stereocenters. The number of ether oxygens (including phenoxy) is 1. The summed E-state index contributed by atoms with van der Waals surface area (Å²) < 4.78 is 5.45. The number of amides is 2. The zero-order valence-electron chi connectivity index (χ0n) is 18.3. The number of hydrogen-bond donors (Lipinski definition) is 3. The molecule has 1 heterocycles. The van der Waals surface area contributed by atoms with Crippen LogP contribution in [0.5, 0.6) is 5.75 Å². The maximum Gasteiger partial charge on any atom is 0.324 e. The molecule has 1 aromatic heterocycles. The van der Waals surface area contributed by atoms with Crippen molar-refractivity contribution in [3.63, 3.8) is 0 Å². The topological polar surface area (TPSA) is 91.4 Å². The van der Waals surface area contributed by atoms with Crippen LogP contribution in [-0.2, 0) is 6.42 Å². The lowest BCUT2D eigenvalue weighted by Gasteiger charge is -2.18. The number of methoxy groups -OCH3 is 1. The molecule has 8 heteroatoms. The van der Waals surface area contributed by atoms with E-state index in [0.29, 0.717) is 17.3 Å². The number of hydrogen-bond acceptors (Lipinski definition) is 6. The first kappa shape index (κ1) is 21.9. The molecule has 0 fully saturated rings. The van der Waals surface area contributed by atoms with Gasteiger partial charge in [0.2, 0.25) is 0 Å². The molecule has 0 unspecified atom stereocenters. The van der Waals surface area contributed by atoms with Gasteiger partial charge in [-0.3, -0.25) is 10.3 Å². The van der Waals surface area contributed by atoms with E-state index in [2.05, 4.69) is 49.0 Å². The second-order valence-corrected chi connectivity index (χ2v) is 7.24. The van der Waals surface area contributed by atoms with Crippen molar-refractivity contribution in [2.45, 2.75) is 13.3 Å². The third-order valence-corrected chi connectivity index (χ3v) is 4.67. The van der Waals surface area contributed by atoms with Crippen molar-refractivity contribution in [2.75, 3.05) is 48.6 Å². The largest absolute Gasteiger partial charge is 0.494 e. The number of anilines is 4. The second kappa shape index (κ2) is 10.3. The van der Waals surface area contributed by atoms with E-state index in [1.165, 1.54) is 17.4 Å². The van der Waals surface area contributed by atoms with Crippen LogP contribution in [0.3, 0.4) is 0 Å². The van der Waals surface area contributed by atoms with Gasteiger partial charge in [0, 0.05) is 38.1 Å². The van der Waals surface area contributed by atoms with Gasteiger partial charge in [0.25, 0.3) is 0 Å². The van der Waals surface area contributed by atoms with Gasteiger partial charge in [0.15, 0.2) is 5.82 Å². The predicted molar refractivity (Wildman–Crippen MR) is 125 cm³/mol. The minimum atomic E-state index is -0.419. The van der Waals surface area contributed by atoms with E-state index in [9.17, 15) is 4.79 Å². The molecule has 0 aliphatic carbocycles. The fourth-order valence-electron chi connectivity index (χ4n) is 3.13. The van der Waals surface area contributed by atoms with Gasteiger partial charge in [-0.2, -0.15) is 0 Å². The monoisotopic (exact) mass is 420 g/mol. The Bertz CT molecular complexity index is 1020. The van der Waals surface area contributed by atoms with Gasteiger partial charge in [0.1, 0.15) is 5.75 Å². The molecule has 0 aliphatic heterocycles. The van der Waals surface area contributed by atoms with Crippen molar-refractivity contribution in [3.05, 3.63) is 66.1 Å². The highest BCUT2D eigenvalue weighted by Crippen LogP contribution is 2.28. The summed E-state index contributed by atoms with van der Waals surface area (Å²) in [5.41, 5.74) is 4.74. The highest BCUT2D eigenvalue weighted by Gasteiger charge is 2.10. The van der Waals surface area contributed by atoms with Crippen LogP contribution >= 0.6 is 0 Å². The molecule has 2 aromatic carbocycles. The lowest BCUT2D eigenvalue weighted by molar-refractivity contribution is 0.262. The zero-order valence-corrected chi connectivity index (χ0v) is 18.3. The number of aryl methyl sites for hydroxylation is 1. The van der Waals surface area contributed by atoms with E-state index < -0.39 is 6.03 Å². The number of carbonyl (C=O) groups is 1. The van der Waals surface area contributed by atoms with Crippen LogP contribution in [0, 0.1) is 6.92 Å². The number of rotatable bonds is 8. The van der Waals surface area contributed by atoms with Gasteiger partial charge >= 0.3 is 6.03 Å². The third kappa shape index (κ3) is 6.08. The van der Waals surface area contributed by atoms with E-state index in [1.807, 2.05) is 39.2 Å². The molecular weight excluding hydrogens is 392 g/mol. The van der Waals surface area contributed by atoms with Crippen LogP contribution < -0.4 is 25.6 Å². The fourth-order valence-corrected chi connectivity index (χ4v) is 3.13.